The van der Waals surface area contributed by atoms with Gasteiger partial charge < -0.3 is 16.2 Å². The Kier molecular flexibility index (Phi) is 5.84. The highest BCUT2D eigenvalue weighted by atomic mass is 16.5. The summed E-state index contributed by atoms with van der Waals surface area (Å²) < 4.78 is 5.88. The van der Waals surface area contributed by atoms with E-state index < -0.39 is 0 Å². The summed E-state index contributed by atoms with van der Waals surface area (Å²) in [6, 6.07) is 5.67. The number of nitrogens with two attached hydrogens (primary N) is 2. The van der Waals surface area contributed by atoms with Crippen molar-refractivity contribution in [2.24, 2.45) is 0 Å². The van der Waals surface area contributed by atoms with Gasteiger partial charge in [0.05, 0.1) is 6.10 Å². The number of benzene rings is 1. The van der Waals surface area contributed by atoms with Gasteiger partial charge in [-0.25, -0.2) is 0 Å². The van der Waals surface area contributed by atoms with E-state index in [1.165, 1.54) is 12.8 Å². The molecule has 0 bridgehead atoms. The van der Waals surface area contributed by atoms with Crippen molar-refractivity contribution >= 4 is 11.4 Å². The predicted octanol–water partition coefficient (Wildman–Crippen LogP) is 3.51. The first-order valence-electron chi connectivity index (χ1n) is 6.44. The zero-order chi connectivity index (χ0) is 12.7. The Bertz CT molecular complexity index is 319. The summed E-state index contributed by atoms with van der Waals surface area (Å²) in [4.78, 5) is 0. The molecule has 0 aliphatic carbocycles. The van der Waals surface area contributed by atoms with Crippen LogP contribution in [0.1, 0.15) is 51.2 Å². The van der Waals surface area contributed by atoms with Crippen molar-refractivity contribution in [2.45, 2.75) is 45.6 Å². The minimum atomic E-state index is 0.109. The van der Waals surface area contributed by atoms with Crippen molar-refractivity contribution in [1.29, 1.82) is 0 Å². The molecule has 0 aliphatic rings. The van der Waals surface area contributed by atoms with Gasteiger partial charge in [0.1, 0.15) is 0 Å². The van der Waals surface area contributed by atoms with Crippen LogP contribution in [-0.2, 0) is 4.74 Å². The third kappa shape index (κ3) is 4.65. The molecule has 0 radical (unpaired) electrons. The van der Waals surface area contributed by atoms with Crippen LogP contribution in [0.5, 0.6) is 0 Å². The second-order valence-corrected chi connectivity index (χ2v) is 4.41. The third-order valence-electron chi connectivity index (χ3n) is 2.81. The van der Waals surface area contributed by atoms with Gasteiger partial charge in [0.2, 0.25) is 0 Å². The molecule has 0 saturated heterocycles. The van der Waals surface area contributed by atoms with E-state index >= 15 is 0 Å². The van der Waals surface area contributed by atoms with Crippen molar-refractivity contribution in [2.75, 3.05) is 18.1 Å². The highest BCUT2D eigenvalue weighted by Crippen LogP contribution is 2.25. The molecule has 1 unspecified atom stereocenters. The van der Waals surface area contributed by atoms with Crippen LogP contribution in [0, 0.1) is 0 Å². The smallest absolute Gasteiger partial charge is 0.0823 e. The summed E-state index contributed by atoms with van der Waals surface area (Å²) in [6.07, 6.45) is 4.60. The van der Waals surface area contributed by atoms with E-state index in [2.05, 4.69) is 13.8 Å². The molecule has 0 heterocycles. The Morgan fingerprint density at radius 1 is 1.06 bits per heavy atom. The molecule has 3 heteroatoms. The minimum Gasteiger partial charge on any atom is -0.399 e. The Balaban J connectivity index is 2.59. The standard InChI is InChI=1S/C14H24N2O/c1-3-5-6-7-17-14(4-2)11-8-12(15)10-13(16)9-11/h8-10,14H,3-7,15-16H2,1-2H3. The number of unbranched alkanes of at least 4 members (excludes halogenated alkanes) is 2. The maximum absolute atomic E-state index is 5.88. The highest BCUT2D eigenvalue weighted by Gasteiger charge is 2.10. The van der Waals surface area contributed by atoms with Crippen molar-refractivity contribution in [1.82, 2.24) is 0 Å². The van der Waals surface area contributed by atoms with Crippen molar-refractivity contribution in [3.05, 3.63) is 23.8 Å². The number of anilines is 2. The fourth-order valence-corrected chi connectivity index (χ4v) is 1.92. The van der Waals surface area contributed by atoms with Crippen LogP contribution in [0.15, 0.2) is 18.2 Å². The Morgan fingerprint density at radius 2 is 1.71 bits per heavy atom. The molecule has 17 heavy (non-hydrogen) atoms. The number of nitrogen functional groups attached to an aromatic ring is 2. The fourth-order valence-electron chi connectivity index (χ4n) is 1.92. The van der Waals surface area contributed by atoms with Gasteiger partial charge in [0.15, 0.2) is 0 Å². The van der Waals surface area contributed by atoms with Gasteiger partial charge in [-0.2, -0.15) is 0 Å². The van der Waals surface area contributed by atoms with E-state index in [4.69, 9.17) is 16.2 Å². The molecule has 0 spiro atoms. The molecule has 1 atom stereocenters. The van der Waals surface area contributed by atoms with Crippen molar-refractivity contribution < 1.29 is 4.74 Å². The average molecular weight is 236 g/mol. The molecule has 1 aromatic carbocycles. The van der Waals surface area contributed by atoms with Crippen LogP contribution in [0.25, 0.3) is 0 Å². The molecule has 1 aromatic rings. The SMILES string of the molecule is CCCCCOC(CC)c1cc(N)cc(N)c1. The number of hydrogen-bond acceptors (Lipinski definition) is 3. The summed E-state index contributed by atoms with van der Waals surface area (Å²) in [5.74, 6) is 0. The molecular formula is C14H24N2O. The Labute approximate surface area is 104 Å². The lowest BCUT2D eigenvalue weighted by Gasteiger charge is -2.17. The third-order valence-corrected chi connectivity index (χ3v) is 2.81. The molecule has 0 fully saturated rings. The van der Waals surface area contributed by atoms with E-state index in [0.717, 1.165) is 25.0 Å². The summed E-state index contributed by atoms with van der Waals surface area (Å²) in [6.45, 7) is 5.11. The van der Waals surface area contributed by atoms with Gasteiger partial charge >= 0.3 is 0 Å². The lowest BCUT2D eigenvalue weighted by molar-refractivity contribution is 0.0475. The average Bonchev–Trinajstić information content (AvgIpc) is 2.28. The molecule has 0 aromatic heterocycles. The first-order chi connectivity index (χ1) is 8.17. The zero-order valence-corrected chi connectivity index (χ0v) is 10.9. The van der Waals surface area contributed by atoms with Gasteiger partial charge in [-0.05, 0) is 36.6 Å². The van der Waals surface area contributed by atoms with E-state index in [9.17, 15) is 0 Å². The van der Waals surface area contributed by atoms with Gasteiger partial charge in [-0.3, -0.25) is 0 Å². The molecular weight excluding hydrogens is 212 g/mol. The molecule has 0 saturated carbocycles. The van der Waals surface area contributed by atoms with E-state index in [-0.39, 0.29) is 6.10 Å². The van der Waals surface area contributed by atoms with Crippen LogP contribution in [0.3, 0.4) is 0 Å². The predicted molar refractivity (Wildman–Crippen MR) is 73.8 cm³/mol. The number of rotatable bonds is 7. The summed E-state index contributed by atoms with van der Waals surface area (Å²) in [5.41, 5.74) is 14.1. The molecule has 1 rings (SSSR count). The van der Waals surface area contributed by atoms with Crippen LogP contribution in [0.2, 0.25) is 0 Å². The topological polar surface area (TPSA) is 61.3 Å². The van der Waals surface area contributed by atoms with Crippen molar-refractivity contribution in [3.8, 4) is 0 Å². The van der Waals surface area contributed by atoms with Crippen LogP contribution in [0.4, 0.5) is 11.4 Å². The maximum Gasteiger partial charge on any atom is 0.0823 e. The van der Waals surface area contributed by atoms with E-state index in [1.807, 2.05) is 12.1 Å². The van der Waals surface area contributed by atoms with Gasteiger partial charge in [-0.15, -0.1) is 0 Å². The van der Waals surface area contributed by atoms with Crippen LogP contribution >= 0.6 is 0 Å². The summed E-state index contributed by atoms with van der Waals surface area (Å²) in [5, 5.41) is 0. The Morgan fingerprint density at radius 3 is 2.24 bits per heavy atom. The maximum atomic E-state index is 5.88. The van der Waals surface area contributed by atoms with Gasteiger partial charge in [-0.1, -0.05) is 26.7 Å². The second kappa shape index (κ2) is 7.17. The first kappa shape index (κ1) is 13.8. The van der Waals surface area contributed by atoms with E-state index in [1.54, 1.807) is 6.07 Å². The first-order valence-corrected chi connectivity index (χ1v) is 6.44. The van der Waals surface area contributed by atoms with Crippen LogP contribution in [-0.4, -0.2) is 6.61 Å². The quantitative estimate of drug-likeness (QED) is 0.562. The summed E-state index contributed by atoms with van der Waals surface area (Å²) in [7, 11) is 0. The largest absolute Gasteiger partial charge is 0.399 e. The molecule has 0 amide bonds. The van der Waals surface area contributed by atoms with Gasteiger partial charge in [0.25, 0.3) is 0 Å². The summed E-state index contributed by atoms with van der Waals surface area (Å²) >= 11 is 0. The second-order valence-electron chi connectivity index (χ2n) is 4.41. The lowest BCUT2D eigenvalue weighted by atomic mass is 10.1. The number of hydrogen-bond donors (Lipinski definition) is 2. The minimum absolute atomic E-state index is 0.109. The van der Waals surface area contributed by atoms with Gasteiger partial charge in [0, 0.05) is 18.0 Å². The number of ether oxygens (including phenoxy) is 1. The lowest BCUT2D eigenvalue weighted by Crippen LogP contribution is -2.06. The van der Waals surface area contributed by atoms with Crippen molar-refractivity contribution in [3.63, 3.8) is 0 Å². The highest BCUT2D eigenvalue weighted by molar-refractivity contribution is 5.54. The van der Waals surface area contributed by atoms with E-state index in [0.29, 0.717) is 11.4 Å². The molecule has 96 valence electrons. The zero-order valence-electron chi connectivity index (χ0n) is 10.9. The van der Waals surface area contributed by atoms with Crippen LogP contribution < -0.4 is 11.5 Å². The molecule has 4 N–H and O–H groups in total. The molecule has 0 aliphatic heterocycles. The monoisotopic (exact) mass is 236 g/mol. The fraction of sp³-hybridized carbons (Fsp3) is 0.571. The molecule has 3 nitrogen and oxygen atoms in total. The Hall–Kier alpha value is -1.22. The normalized spacial score (nSPS) is 12.6.